The first-order valence-electron chi connectivity index (χ1n) is 6.91. The second kappa shape index (κ2) is 5.38. The first kappa shape index (κ1) is 14.5. The number of hydrogen-bond acceptors (Lipinski definition) is 4. The lowest BCUT2D eigenvalue weighted by atomic mass is 10.1. The lowest BCUT2D eigenvalue weighted by Gasteiger charge is -2.11. The molecule has 0 spiro atoms. The molecule has 0 aliphatic heterocycles. The minimum Gasteiger partial charge on any atom is -0.365 e. The van der Waals surface area contributed by atoms with Gasteiger partial charge in [-0.15, -0.1) is 11.3 Å². The van der Waals surface area contributed by atoms with Gasteiger partial charge in [-0.25, -0.2) is 4.98 Å². The number of primary amides is 1. The van der Waals surface area contributed by atoms with Crippen molar-refractivity contribution in [2.45, 2.75) is 20.4 Å². The monoisotopic (exact) mass is 313 g/mol. The summed E-state index contributed by atoms with van der Waals surface area (Å²) in [6.07, 6.45) is 3.36. The molecule has 0 aliphatic rings. The Balaban J connectivity index is 2.30. The number of hydrogen-bond donors (Lipinski definition) is 1. The molecule has 3 rings (SSSR count). The molecule has 0 radical (unpaired) electrons. The van der Waals surface area contributed by atoms with Crippen LogP contribution in [0.5, 0.6) is 0 Å². The summed E-state index contributed by atoms with van der Waals surface area (Å²) in [6.45, 7) is 4.55. The first-order valence-corrected chi connectivity index (χ1v) is 7.72. The van der Waals surface area contributed by atoms with E-state index in [1.165, 1.54) is 6.20 Å². The molecule has 2 aromatic heterocycles. The van der Waals surface area contributed by atoms with Crippen molar-refractivity contribution >= 4 is 28.1 Å². The molecule has 5 nitrogen and oxygen atoms in total. The fourth-order valence-electron chi connectivity index (χ4n) is 2.48. The van der Waals surface area contributed by atoms with Gasteiger partial charge in [0, 0.05) is 24.3 Å². The van der Waals surface area contributed by atoms with Gasteiger partial charge in [0.2, 0.25) is 5.43 Å². The van der Waals surface area contributed by atoms with E-state index >= 15 is 0 Å². The van der Waals surface area contributed by atoms with Gasteiger partial charge in [0.05, 0.1) is 15.4 Å². The molecule has 112 valence electrons. The van der Waals surface area contributed by atoms with Crippen LogP contribution in [0.15, 0.2) is 35.4 Å². The van der Waals surface area contributed by atoms with E-state index < -0.39 is 5.91 Å². The van der Waals surface area contributed by atoms with E-state index in [1.807, 2.05) is 36.7 Å². The van der Waals surface area contributed by atoms with E-state index in [4.69, 9.17) is 5.73 Å². The molecule has 0 bridgehead atoms. The lowest BCUT2D eigenvalue weighted by molar-refractivity contribution is 0.0999. The van der Waals surface area contributed by atoms with Crippen LogP contribution in [0.25, 0.3) is 21.3 Å². The van der Waals surface area contributed by atoms with Gasteiger partial charge in [0.25, 0.3) is 5.91 Å². The Bertz CT molecular complexity index is 940. The summed E-state index contributed by atoms with van der Waals surface area (Å²) in [7, 11) is 0. The summed E-state index contributed by atoms with van der Waals surface area (Å²) in [5.41, 5.74) is 6.80. The SMILES string of the molecule is CCn1cc(C(N)=O)c(=O)c2ccc(-c3cnc(C)s3)cc21. The standard InChI is InChI=1S/C16H15N3O2S/c1-3-19-8-12(16(17)21)15(20)11-5-4-10(6-13(11)19)14-7-18-9(2)22-14/h4-8H,3H2,1-2H3,(H2,17,21). The molecule has 1 amide bonds. The quantitative estimate of drug-likeness (QED) is 0.807. The number of fused-ring (bicyclic) bond motifs is 1. The number of benzene rings is 1. The largest absolute Gasteiger partial charge is 0.365 e. The maximum Gasteiger partial charge on any atom is 0.254 e. The van der Waals surface area contributed by atoms with E-state index in [0.29, 0.717) is 11.9 Å². The van der Waals surface area contributed by atoms with E-state index in [1.54, 1.807) is 17.4 Å². The maximum absolute atomic E-state index is 12.4. The van der Waals surface area contributed by atoms with E-state index in [9.17, 15) is 9.59 Å². The number of pyridine rings is 1. The van der Waals surface area contributed by atoms with E-state index in [0.717, 1.165) is 21.0 Å². The van der Waals surface area contributed by atoms with Crippen molar-refractivity contribution in [1.82, 2.24) is 9.55 Å². The molecule has 0 saturated carbocycles. The molecular formula is C16H15N3O2S. The smallest absolute Gasteiger partial charge is 0.254 e. The molecule has 0 saturated heterocycles. The highest BCUT2D eigenvalue weighted by atomic mass is 32.1. The van der Waals surface area contributed by atoms with Crippen LogP contribution in [0.1, 0.15) is 22.3 Å². The molecule has 0 atom stereocenters. The molecule has 3 aromatic rings. The number of thiazole rings is 1. The summed E-state index contributed by atoms with van der Waals surface area (Å²) in [6, 6.07) is 5.58. The summed E-state index contributed by atoms with van der Waals surface area (Å²) >= 11 is 1.60. The summed E-state index contributed by atoms with van der Waals surface area (Å²) < 4.78 is 1.87. The zero-order chi connectivity index (χ0) is 15.9. The number of nitrogens with zero attached hydrogens (tertiary/aromatic N) is 2. The maximum atomic E-state index is 12.4. The summed E-state index contributed by atoms with van der Waals surface area (Å²) in [5, 5.41) is 1.50. The molecule has 2 N–H and O–H groups in total. The Hall–Kier alpha value is -2.47. The number of amides is 1. The van der Waals surface area contributed by atoms with Crippen molar-refractivity contribution in [3.63, 3.8) is 0 Å². The van der Waals surface area contributed by atoms with Gasteiger partial charge >= 0.3 is 0 Å². The molecule has 1 aromatic carbocycles. The van der Waals surface area contributed by atoms with Gasteiger partial charge in [-0.2, -0.15) is 0 Å². The second-order valence-corrected chi connectivity index (χ2v) is 6.23. The van der Waals surface area contributed by atoms with Gasteiger partial charge in [-0.05, 0) is 31.5 Å². The van der Waals surface area contributed by atoms with Crippen LogP contribution in [0.3, 0.4) is 0 Å². The Morgan fingerprint density at radius 3 is 2.77 bits per heavy atom. The lowest BCUT2D eigenvalue weighted by Crippen LogP contribution is -2.24. The number of aromatic nitrogens is 2. The summed E-state index contributed by atoms with van der Waals surface area (Å²) in [4.78, 5) is 29.1. The molecule has 2 heterocycles. The van der Waals surface area contributed by atoms with Crippen molar-refractivity contribution in [2.24, 2.45) is 5.73 Å². The van der Waals surface area contributed by atoms with Gasteiger partial charge in [-0.3, -0.25) is 9.59 Å². The fraction of sp³-hybridized carbons (Fsp3) is 0.188. The van der Waals surface area contributed by atoms with Crippen molar-refractivity contribution in [3.05, 3.63) is 51.4 Å². The Morgan fingerprint density at radius 2 is 2.18 bits per heavy atom. The predicted octanol–water partition coefficient (Wildman–Crippen LogP) is 2.55. The minimum atomic E-state index is -0.698. The molecular weight excluding hydrogens is 298 g/mol. The van der Waals surface area contributed by atoms with Crippen LogP contribution in [0.4, 0.5) is 0 Å². The van der Waals surface area contributed by atoms with Gasteiger partial charge in [0.1, 0.15) is 5.56 Å². The van der Waals surface area contributed by atoms with Gasteiger partial charge in [0.15, 0.2) is 0 Å². The number of carbonyl (C=O) groups is 1. The number of carbonyl (C=O) groups excluding carboxylic acids is 1. The normalized spacial score (nSPS) is 11.0. The molecule has 0 fully saturated rings. The third-order valence-corrected chi connectivity index (χ3v) is 4.56. The van der Waals surface area contributed by atoms with Crippen LogP contribution in [0.2, 0.25) is 0 Å². The van der Waals surface area contributed by atoms with Crippen LogP contribution < -0.4 is 11.2 Å². The highest BCUT2D eigenvalue weighted by molar-refractivity contribution is 7.15. The summed E-state index contributed by atoms with van der Waals surface area (Å²) in [5.74, 6) is -0.698. The molecule has 22 heavy (non-hydrogen) atoms. The topological polar surface area (TPSA) is 78.0 Å². The van der Waals surface area contributed by atoms with Crippen molar-refractivity contribution in [2.75, 3.05) is 0 Å². The number of aryl methyl sites for hydroxylation is 2. The van der Waals surface area contributed by atoms with Gasteiger partial charge in [-0.1, -0.05) is 6.07 Å². The first-order chi connectivity index (χ1) is 10.5. The average Bonchev–Trinajstić information content (AvgIpc) is 2.93. The fourth-order valence-corrected chi connectivity index (χ4v) is 3.25. The highest BCUT2D eigenvalue weighted by Crippen LogP contribution is 2.28. The Labute approximate surface area is 131 Å². The minimum absolute atomic E-state index is 0.0238. The molecule has 0 aliphatic carbocycles. The second-order valence-electron chi connectivity index (χ2n) is 5.00. The van der Waals surface area contributed by atoms with Crippen molar-refractivity contribution in [1.29, 1.82) is 0 Å². The molecule has 0 unspecified atom stereocenters. The third-order valence-electron chi connectivity index (χ3n) is 3.59. The van der Waals surface area contributed by atoms with Gasteiger partial charge < -0.3 is 10.3 Å². The Morgan fingerprint density at radius 1 is 1.41 bits per heavy atom. The Kier molecular flexibility index (Phi) is 3.54. The van der Waals surface area contributed by atoms with Crippen LogP contribution >= 0.6 is 11.3 Å². The number of rotatable bonds is 3. The van der Waals surface area contributed by atoms with Crippen LogP contribution in [-0.4, -0.2) is 15.5 Å². The zero-order valence-corrected chi connectivity index (χ0v) is 13.1. The van der Waals surface area contributed by atoms with Crippen molar-refractivity contribution in [3.8, 4) is 10.4 Å². The predicted molar refractivity (Wildman–Crippen MR) is 88.2 cm³/mol. The zero-order valence-electron chi connectivity index (χ0n) is 12.3. The highest BCUT2D eigenvalue weighted by Gasteiger charge is 2.13. The van der Waals surface area contributed by atoms with E-state index in [2.05, 4.69) is 4.98 Å². The van der Waals surface area contributed by atoms with E-state index in [-0.39, 0.29) is 11.0 Å². The van der Waals surface area contributed by atoms with Crippen molar-refractivity contribution < 1.29 is 4.79 Å². The average molecular weight is 313 g/mol. The number of nitrogens with two attached hydrogens (primary N) is 1. The molecule has 6 heteroatoms. The van der Waals surface area contributed by atoms with Crippen LogP contribution in [0, 0.1) is 6.92 Å². The third kappa shape index (κ3) is 2.31. The van der Waals surface area contributed by atoms with Crippen LogP contribution in [-0.2, 0) is 6.54 Å².